The summed E-state index contributed by atoms with van der Waals surface area (Å²) in [4.78, 5) is 4.53. The highest BCUT2D eigenvalue weighted by Gasteiger charge is 2.50. The number of nitrogens with one attached hydrogen (secondary N) is 1. The van der Waals surface area contributed by atoms with E-state index in [1.165, 1.54) is 23.1 Å². The first-order valence-corrected chi connectivity index (χ1v) is 8.31. The van der Waals surface area contributed by atoms with Crippen LogP contribution in [0, 0.1) is 17.3 Å². The van der Waals surface area contributed by atoms with Crippen molar-refractivity contribution < 1.29 is 0 Å². The molecular weight excluding hydrogens is 278 g/mol. The summed E-state index contributed by atoms with van der Waals surface area (Å²) in [5.74, 6) is 1.55. The summed E-state index contributed by atoms with van der Waals surface area (Å²) < 4.78 is 1.19. The van der Waals surface area contributed by atoms with Crippen molar-refractivity contribution in [2.24, 2.45) is 22.4 Å². The molecule has 2 bridgehead atoms. The highest BCUT2D eigenvalue weighted by Crippen LogP contribution is 2.58. The maximum atomic E-state index is 4.53. The van der Waals surface area contributed by atoms with Crippen LogP contribution in [-0.2, 0) is 0 Å². The SMILES string of the molecule is CC1(C)C2CC=C(/C=N/Nc3nc4ccccc4s3)C1C2. The van der Waals surface area contributed by atoms with Crippen molar-refractivity contribution in [3.05, 3.63) is 35.9 Å². The Kier molecular flexibility index (Phi) is 2.89. The van der Waals surface area contributed by atoms with Gasteiger partial charge < -0.3 is 0 Å². The van der Waals surface area contributed by atoms with Crippen molar-refractivity contribution in [2.45, 2.75) is 26.7 Å². The van der Waals surface area contributed by atoms with Crippen molar-refractivity contribution in [2.75, 3.05) is 5.43 Å². The van der Waals surface area contributed by atoms with Crippen molar-refractivity contribution in [1.82, 2.24) is 4.98 Å². The van der Waals surface area contributed by atoms with E-state index in [1.54, 1.807) is 11.3 Å². The van der Waals surface area contributed by atoms with Crippen molar-refractivity contribution >= 4 is 32.9 Å². The monoisotopic (exact) mass is 297 g/mol. The van der Waals surface area contributed by atoms with Gasteiger partial charge in [0.15, 0.2) is 0 Å². The molecule has 0 aliphatic heterocycles. The Labute approximate surface area is 128 Å². The third-order valence-electron chi connectivity index (χ3n) is 5.18. The van der Waals surface area contributed by atoms with Gasteiger partial charge in [-0.2, -0.15) is 5.10 Å². The average Bonchev–Trinajstić information content (AvgIpc) is 2.90. The topological polar surface area (TPSA) is 37.3 Å². The van der Waals surface area contributed by atoms with E-state index in [2.05, 4.69) is 41.5 Å². The third-order valence-corrected chi connectivity index (χ3v) is 6.12. The number of para-hydroxylation sites is 1. The van der Waals surface area contributed by atoms with Crippen molar-refractivity contribution in [3.63, 3.8) is 0 Å². The fraction of sp³-hybridized carbons (Fsp3) is 0.412. The van der Waals surface area contributed by atoms with Crippen LogP contribution in [-0.4, -0.2) is 11.2 Å². The molecule has 1 aromatic heterocycles. The molecule has 0 amide bonds. The second kappa shape index (κ2) is 4.67. The van der Waals surface area contributed by atoms with Gasteiger partial charge in [-0.3, -0.25) is 5.43 Å². The molecule has 2 unspecified atom stereocenters. The van der Waals surface area contributed by atoms with Crippen LogP contribution in [0.2, 0.25) is 0 Å². The van der Waals surface area contributed by atoms with Crippen LogP contribution in [0.15, 0.2) is 41.0 Å². The predicted molar refractivity (Wildman–Crippen MR) is 89.8 cm³/mol. The Morgan fingerprint density at radius 2 is 2.24 bits per heavy atom. The highest BCUT2D eigenvalue weighted by atomic mass is 32.1. The molecule has 5 rings (SSSR count). The number of hydrogen-bond donors (Lipinski definition) is 1. The highest BCUT2D eigenvalue weighted by molar-refractivity contribution is 7.22. The van der Waals surface area contributed by atoms with Gasteiger partial charge in [0.05, 0.1) is 16.4 Å². The van der Waals surface area contributed by atoms with Crippen LogP contribution >= 0.6 is 11.3 Å². The zero-order valence-corrected chi connectivity index (χ0v) is 13.2. The van der Waals surface area contributed by atoms with Gasteiger partial charge in [0, 0.05) is 0 Å². The van der Waals surface area contributed by atoms with E-state index >= 15 is 0 Å². The Bertz CT molecular complexity index is 708. The summed E-state index contributed by atoms with van der Waals surface area (Å²) in [7, 11) is 0. The smallest absolute Gasteiger partial charge is 0.204 e. The van der Waals surface area contributed by atoms with E-state index in [0.29, 0.717) is 11.3 Å². The normalized spacial score (nSPS) is 26.7. The molecule has 1 saturated carbocycles. The number of thiazole rings is 1. The summed E-state index contributed by atoms with van der Waals surface area (Å²) in [5, 5.41) is 5.26. The van der Waals surface area contributed by atoms with E-state index in [0.717, 1.165) is 16.6 Å². The Morgan fingerprint density at radius 3 is 3.00 bits per heavy atom. The van der Waals surface area contributed by atoms with E-state index in [4.69, 9.17) is 0 Å². The Hall–Kier alpha value is -1.68. The lowest BCUT2D eigenvalue weighted by atomic mass is 9.49. The molecule has 1 N–H and O–H groups in total. The van der Waals surface area contributed by atoms with E-state index in [1.807, 2.05) is 24.4 Å². The molecule has 1 aromatic carbocycles. The van der Waals surface area contributed by atoms with Crippen LogP contribution in [0.5, 0.6) is 0 Å². The van der Waals surface area contributed by atoms with Crippen molar-refractivity contribution in [1.29, 1.82) is 0 Å². The summed E-state index contributed by atoms with van der Waals surface area (Å²) in [6, 6.07) is 8.16. The summed E-state index contributed by atoms with van der Waals surface area (Å²) in [6.07, 6.45) is 6.87. The van der Waals surface area contributed by atoms with Gasteiger partial charge in [-0.05, 0) is 47.8 Å². The number of benzene rings is 1. The largest absolute Gasteiger partial charge is 0.253 e. The fourth-order valence-corrected chi connectivity index (χ4v) is 4.44. The van der Waals surface area contributed by atoms with Crippen LogP contribution in [0.3, 0.4) is 0 Å². The fourth-order valence-electron chi connectivity index (χ4n) is 3.63. The number of nitrogens with zero attached hydrogens (tertiary/aromatic N) is 2. The van der Waals surface area contributed by atoms with Crippen LogP contribution in [0.25, 0.3) is 10.2 Å². The number of fused-ring (bicyclic) bond motifs is 2. The molecule has 0 spiro atoms. The van der Waals surface area contributed by atoms with Gasteiger partial charge in [-0.1, -0.05) is 43.4 Å². The number of rotatable bonds is 3. The molecule has 0 radical (unpaired) electrons. The molecule has 3 aliphatic carbocycles. The lowest BCUT2D eigenvalue weighted by Gasteiger charge is -2.55. The number of hydrazone groups is 1. The first-order valence-electron chi connectivity index (χ1n) is 7.49. The number of hydrogen-bond acceptors (Lipinski definition) is 4. The molecule has 2 aromatic rings. The molecule has 4 heteroatoms. The van der Waals surface area contributed by atoms with Crippen LogP contribution < -0.4 is 5.43 Å². The molecule has 1 heterocycles. The van der Waals surface area contributed by atoms with Gasteiger partial charge in [0.2, 0.25) is 5.13 Å². The molecular formula is C17H19N3S. The third kappa shape index (κ3) is 2.09. The second-order valence-corrected chi connectivity index (χ2v) is 7.63. The zero-order chi connectivity index (χ0) is 14.4. The molecule has 3 nitrogen and oxygen atoms in total. The first kappa shape index (κ1) is 13.0. The maximum absolute atomic E-state index is 4.53. The molecule has 1 fully saturated rings. The number of allylic oxidation sites excluding steroid dienone is 2. The van der Waals surface area contributed by atoms with E-state index in [9.17, 15) is 0 Å². The Balaban J connectivity index is 1.48. The van der Waals surface area contributed by atoms with Gasteiger partial charge in [0.25, 0.3) is 0 Å². The van der Waals surface area contributed by atoms with Gasteiger partial charge >= 0.3 is 0 Å². The molecule has 0 saturated heterocycles. The van der Waals surface area contributed by atoms with Gasteiger partial charge in [-0.15, -0.1) is 0 Å². The van der Waals surface area contributed by atoms with E-state index in [-0.39, 0.29) is 0 Å². The molecule has 3 aliphatic rings. The molecule has 21 heavy (non-hydrogen) atoms. The minimum atomic E-state index is 0.450. The maximum Gasteiger partial charge on any atom is 0.204 e. The molecule has 108 valence electrons. The quantitative estimate of drug-likeness (QED) is 0.659. The predicted octanol–water partition coefficient (Wildman–Crippen LogP) is 4.69. The zero-order valence-electron chi connectivity index (χ0n) is 12.3. The number of anilines is 1. The summed E-state index contributed by atoms with van der Waals surface area (Å²) in [5.41, 5.74) is 5.95. The standard InChI is InChI=1S/C17H19N3S/c1-17(2)12-8-7-11(13(17)9-12)10-18-20-16-19-14-5-3-4-6-15(14)21-16/h3-7,10,12-13H,8-9H2,1-2H3,(H,19,20)/b18-10+. The lowest BCUT2D eigenvalue weighted by molar-refractivity contribution is -0.00124. The minimum Gasteiger partial charge on any atom is -0.253 e. The average molecular weight is 297 g/mol. The first-order chi connectivity index (χ1) is 10.1. The number of aromatic nitrogens is 1. The van der Waals surface area contributed by atoms with Crippen molar-refractivity contribution in [3.8, 4) is 0 Å². The second-order valence-electron chi connectivity index (χ2n) is 6.60. The summed E-state index contributed by atoms with van der Waals surface area (Å²) in [6.45, 7) is 4.77. The summed E-state index contributed by atoms with van der Waals surface area (Å²) >= 11 is 1.64. The van der Waals surface area contributed by atoms with Gasteiger partial charge in [0.1, 0.15) is 0 Å². The van der Waals surface area contributed by atoms with Crippen LogP contribution in [0.1, 0.15) is 26.7 Å². The Morgan fingerprint density at radius 1 is 1.38 bits per heavy atom. The minimum absolute atomic E-state index is 0.450. The molecule has 2 atom stereocenters. The van der Waals surface area contributed by atoms with Gasteiger partial charge in [-0.25, -0.2) is 4.98 Å². The lowest BCUT2D eigenvalue weighted by Crippen LogP contribution is -2.48. The van der Waals surface area contributed by atoms with Crippen LogP contribution in [0.4, 0.5) is 5.13 Å². The van der Waals surface area contributed by atoms with E-state index < -0.39 is 0 Å².